The number of amides is 2. The number of quaternary nitrogens is 1. The van der Waals surface area contributed by atoms with Crippen molar-refractivity contribution in [2.75, 3.05) is 51.3 Å². The van der Waals surface area contributed by atoms with E-state index >= 15 is 0 Å². The molecule has 9 heteroatoms. The molecular weight excluding hydrogens is 386 g/mol. The molecule has 2 N–H and O–H groups in total. The lowest BCUT2D eigenvalue weighted by Gasteiger charge is -2.31. The van der Waals surface area contributed by atoms with Gasteiger partial charge in [0.15, 0.2) is 6.54 Å². The summed E-state index contributed by atoms with van der Waals surface area (Å²) in [5.74, 6) is 0.440. The van der Waals surface area contributed by atoms with Gasteiger partial charge in [-0.3, -0.25) is 9.69 Å². The van der Waals surface area contributed by atoms with Crippen LogP contribution in [0.15, 0.2) is 0 Å². The van der Waals surface area contributed by atoms with Crippen molar-refractivity contribution in [2.24, 2.45) is 0 Å². The molecule has 0 radical (unpaired) electrons. The summed E-state index contributed by atoms with van der Waals surface area (Å²) in [4.78, 5) is 27.4. The molecule has 9 nitrogen and oxygen atoms in total. The first-order valence-corrected chi connectivity index (χ1v) is 10.7. The van der Waals surface area contributed by atoms with Crippen molar-refractivity contribution in [3.05, 3.63) is 16.8 Å². The van der Waals surface area contributed by atoms with Gasteiger partial charge in [-0.05, 0) is 39.2 Å². The van der Waals surface area contributed by atoms with E-state index in [2.05, 4.69) is 11.4 Å². The molecule has 0 spiro atoms. The number of aromatic nitrogens is 1. The first kappa shape index (κ1) is 22.1. The molecule has 1 aromatic heterocycles. The molecule has 0 aromatic carbocycles. The van der Waals surface area contributed by atoms with E-state index in [9.17, 15) is 14.9 Å². The Morgan fingerprint density at radius 3 is 2.67 bits per heavy atom. The van der Waals surface area contributed by atoms with Crippen molar-refractivity contribution in [1.82, 2.24) is 9.47 Å². The van der Waals surface area contributed by atoms with Crippen LogP contribution in [0.2, 0.25) is 0 Å². The van der Waals surface area contributed by atoms with Crippen LogP contribution in [-0.4, -0.2) is 73.5 Å². The molecule has 2 aliphatic heterocycles. The molecule has 0 saturated carbocycles. The second-order valence-electron chi connectivity index (χ2n) is 7.95. The summed E-state index contributed by atoms with van der Waals surface area (Å²) in [6.07, 6.45) is 1.84. The average molecular weight is 419 g/mol. The van der Waals surface area contributed by atoms with E-state index in [0.717, 1.165) is 35.6 Å². The second kappa shape index (κ2) is 9.96. The number of rotatable bonds is 6. The smallest absolute Gasteiger partial charge is 0.410 e. The second-order valence-corrected chi connectivity index (χ2v) is 7.95. The third-order valence-electron chi connectivity index (χ3n) is 6.02. The van der Waals surface area contributed by atoms with Crippen molar-refractivity contribution in [3.63, 3.8) is 0 Å². The minimum Gasteiger partial charge on any atom is -0.450 e. The van der Waals surface area contributed by atoms with Gasteiger partial charge in [0, 0.05) is 12.3 Å². The number of ether oxygens (including phenoxy) is 2. The Balaban J connectivity index is 1.63. The Kier molecular flexibility index (Phi) is 7.34. The molecule has 1 aromatic rings. The molecule has 3 rings (SSSR count). The van der Waals surface area contributed by atoms with Crippen LogP contribution in [0, 0.1) is 25.2 Å². The molecule has 164 valence electrons. The maximum Gasteiger partial charge on any atom is 0.410 e. The van der Waals surface area contributed by atoms with Crippen LogP contribution in [0.4, 0.5) is 10.6 Å². The van der Waals surface area contributed by atoms with Crippen LogP contribution in [0.25, 0.3) is 0 Å². The van der Waals surface area contributed by atoms with Gasteiger partial charge in [-0.25, -0.2) is 4.79 Å². The highest BCUT2D eigenvalue weighted by atomic mass is 16.6. The van der Waals surface area contributed by atoms with Crippen LogP contribution < -0.4 is 10.2 Å². The highest BCUT2D eigenvalue weighted by Crippen LogP contribution is 2.28. The van der Waals surface area contributed by atoms with E-state index in [1.54, 1.807) is 11.8 Å². The van der Waals surface area contributed by atoms with Gasteiger partial charge in [-0.2, -0.15) is 5.26 Å². The average Bonchev–Trinajstić information content (AvgIpc) is 3.32. The minimum atomic E-state index is -0.294. The maximum atomic E-state index is 12.8. The maximum absolute atomic E-state index is 12.8. The normalized spacial score (nSPS) is 19.5. The largest absolute Gasteiger partial charge is 0.450 e. The summed E-state index contributed by atoms with van der Waals surface area (Å²) >= 11 is 0. The topological polar surface area (TPSA) is 101 Å². The summed E-state index contributed by atoms with van der Waals surface area (Å²) in [7, 11) is 0. The zero-order chi connectivity index (χ0) is 21.7. The van der Waals surface area contributed by atoms with Crippen molar-refractivity contribution in [2.45, 2.75) is 46.3 Å². The first-order chi connectivity index (χ1) is 14.4. The number of anilines is 1. The fourth-order valence-electron chi connectivity index (χ4n) is 4.15. The lowest BCUT2D eigenvalue weighted by molar-refractivity contribution is -0.895. The van der Waals surface area contributed by atoms with Gasteiger partial charge in [0.2, 0.25) is 0 Å². The fraction of sp³-hybridized carbons (Fsp3) is 0.667. The number of carbonyl (C=O) groups excluding carboxylic acids is 2. The predicted molar refractivity (Wildman–Crippen MR) is 110 cm³/mol. The van der Waals surface area contributed by atoms with E-state index in [-0.39, 0.29) is 18.1 Å². The lowest BCUT2D eigenvalue weighted by Crippen LogP contribution is -3.15. The minimum absolute atomic E-state index is 0.110. The van der Waals surface area contributed by atoms with E-state index in [4.69, 9.17) is 9.47 Å². The molecule has 2 amide bonds. The van der Waals surface area contributed by atoms with Crippen LogP contribution in [-0.2, 0) is 20.8 Å². The molecule has 2 saturated heterocycles. The van der Waals surface area contributed by atoms with Crippen molar-refractivity contribution in [3.8, 4) is 6.07 Å². The number of hydrogen-bond acceptors (Lipinski definition) is 5. The number of piperazine rings is 1. The van der Waals surface area contributed by atoms with Crippen LogP contribution in [0.5, 0.6) is 0 Å². The Labute approximate surface area is 177 Å². The molecule has 2 aliphatic rings. The molecule has 3 heterocycles. The fourth-order valence-corrected chi connectivity index (χ4v) is 4.15. The lowest BCUT2D eigenvalue weighted by atomic mass is 10.2. The predicted octanol–water partition coefficient (Wildman–Crippen LogP) is 0.451. The van der Waals surface area contributed by atoms with Gasteiger partial charge in [0.25, 0.3) is 5.91 Å². The molecule has 2 fully saturated rings. The number of hydrogen-bond donors (Lipinski definition) is 2. The Morgan fingerprint density at radius 2 is 2.07 bits per heavy atom. The van der Waals surface area contributed by atoms with Crippen molar-refractivity contribution in [1.29, 1.82) is 5.26 Å². The number of carbonyl (C=O) groups is 2. The summed E-state index contributed by atoms with van der Waals surface area (Å²) in [6, 6.07) is 2.25. The van der Waals surface area contributed by atoms with Crippen molar-refractivity contribution < 1.29 is 24.0 Å². The van der Waals surface area contributed by atoms with Gasteiger partial charge in [0.05, 0.1) is 51.0 Å². The summed E-state index contributed by atoms with van der Waals surface area (Å²) in [6.45, 7) is 10.2. The molecule has 0 bridgehead atoms. The van der Waals surface area contributed by atoms with Gasteiger partial charge in [-0.1, -0.05) is 0 Å². The zero-order valence-corrected chi connectivity index (χ0v) is 18.1. The van der Waals surface area contributed by atoms with E-state index < -0.39 is 0 Å². The van der Waals surface area contributed by atoms with E-state index in [1.165, 1.54) is 0 Å². The highest BCUT2D eigenvalue weighted by Gasteiger charge is 2.28. The Hall–Kier alpha value is -2.57. The summed E-state index contributed by atoms with van der Waals surface area (Å²) in [5, 5.41) is 12.6. The van der Waals surface area contributed by atoms with Crippen LogP contribution in [0.3, 0.4) is 0 Å². The molecule has 30 heavy (non-hydrogen) atoms. The first-order valence-electron chi connectivity index (χ1n) is 10.7. The van der Waals surface area contributed by atoms with Crippen molar-refractivity contribution >= 4 is 17.8 Å². The summed E-state index contributed by atoms with van der Waals surface area (Å²) < 4.78 is 12.8. The summed E-state index contributed by atoms with van der Waals surface area (Å²) in [5.41, 5.74) is 2.38. The van der Waals surface area contributed by atoms with E-state index in [0.29, 0.717) is 57.3 Å². The Bertz CT molecular complexity index is 814. The standard InChI is InChI=1S/C21H31N5O4/c1-4-29-21(28)25-9-7-24(8-10-25)14-19(27)23-20-18(12-22)15(2)16(3)26(20)13-17-6-5-11-30-17/h17H,4-11,13-14H2,1-3H3,(H,23,27)/p+1/t17-/m1/s1. The SMILES string of the molecule is CCOC(=O)N1CC[NH+](CC(=O)Nc2c(C#N)c(C)c(C)n2C[C@H]2CCCO2)CC1. The monoisotopic (exact) mass is 418 g/mol. The molecule has 0 aliphatic carbocycles. The number of nitrogens with one attached hydrogen (secondary N) is 2. The third kappa shape index (κ3) is 4.94. The molecule has 1 atom stereocenters. The number of nitrogens with zero attached hydrogens (tertiary/aromatic N) is 3. The van der Waals surface area contributed by atoms with Crippen LogP contribution in [0.1, 0.15) is 36.6 Å². The van der Waals surface area contributed by atoms with Crippen LogP contribution >= 0.6 is 0 Å². The third-order valence-corrected chi connectivity index (χ3v) is 6.02. The highest BCUT2D eigenvalue weighted by molar-refractivity contribution is 5.92. The molecule has 0 unspecified atom stereocenters. The van der Waals surface area contributed by atoms with E-state index in [1.807, 2.05) is 18.4 Å². The number of nitriles is 1. The quantitative estimate of drug-likeness (QED) is 0.699. The van der Waals surface area contributed by atoms with Gasteiger partial charge in [0.1, 0.15) is 11.9 Å². The van der Waals surface area contributed by atoms with Gasteiger partial charge >= 0.3 is 6.09 Å². The Morgan fingerprint density at radius 1 is 1.33 bits per heavy atom. The zero-order valence-electron chi connectivity index (χ0n) is 18.1. The van der Waals surface area contributed by atoms with Gasteiger partial charge < -0.3 is 24.3 Å². The molecular formula is C21H32N5O4+. The van der Waals surface area contributed by atoms with Gasteiger partial charge in [-0.15, -0.1) is 0 Å².